The fraction of sp³-hybridized carbons (Fsp3) is 0.0909. The lowest BCUT2D eigenvalue weighted by Gasteiger charge is -2.22. The van der Waals surface area contributed by atoms with Crippen molar-refractivity contribution in [2.24, 2.45) is 11.5 Å². The van der Waals surface area contributed by atoms with Crippen molar-refractivity contribution in [1.82, 2.24) is 0 Å². The molecule has 0 unspecified atom stereocenters. The Morgan fingerprint density at radius 1 is 1.12 bits per heavy atom. The van der Waals surface area contributed by atoms with E-state index in [0.29, 0.717) is 21.2 Å². The third-order valence-corrected chi connectivity index (χ3v) is 4.21. The van der Waals surface area contributed by atoms with Gasteiger partial charge in [-0.05, 0) is 11.4 Å². The van der Waals surface area contributed by atoms with Crippen molar-refractivity contribution >= 4 is 23.1 Å². The van der Waals surface area contributed by atoms with Crippen LogP contribution in [0.2, 0.25) is 0 Å². The SMILES string of the molecule is N#CC1=C(N)SC(N)=C(C#N)C1c1cccs1. The van der Waals surface area contributed by atoms with Crippen LogP contribution in [0, 0.1) is 22.7 Å². The van der Waals surface area contributed by atoms with Crippen LogP contribution < -0.4 is 11.5 Å². The van der Waals surface area contributed by atoms with E-state index in [1.807, 2.05) is 17.5 Å². The summed E-state index contributed by atoms with van der Waals surface area (Å²) in [6.07, 6.45) is 0. The van der Waals surface area contributed by atoms with Gasteiger partial charge in [-0.25, -0.2) is 0 Å². The monoisotopic (exact) mass is 260 g/mol. The number of nitrogens with two attached hydrogens (primary N) is 2. The summed E-state index contributed by atoms with van der Waals surface area (Å²) >= 11 is 2.56. The minimum Gasteiger partial charge on any atom is -0.392 e. The first kappa shape index (κ1) is 11.6. The Kier molecular flexibility index (Phi) is 3.10. The fourth-order valence-corrected chi connectivity index (χ4v) is 3.26. The maximum absolute atomic E-state index is 9.16. The first-order chi connectivity index (χ1) is 8.19. The van der Waals surface area contributed by atoms with Gasteiger partial charge in [0.25, 0.3) is 0 Å². The lowest BCUT2D eigenvalue weighted by molar-refractivity contribution is 0.982. The average molecular weight is 260 g/mol. The van der Waals surface area contributed by atoms with Crippen molar-refractivity contribution in [2.45, 2.75) is 5.92 Å². The molecule has 4 N–H and O–H groups in total. The largest absolute Gasteiger partial charge is 0.392 e. The quantitative estimate of drug-likeness (QED) is 0.804. The molecule has 17 heavy (non-hydrogen) atoms. The predicted molar refractivity (Wildman–Crippen MR) is 68.3 cm³/mol. The smallest absolute Gasteiger partial charge is 0.0985 e. The molecule has 2 heterocycles. The molecule has 1 aromatic rings. The molecular formula is C11H8N4S2. The number of allylic oxidation sites excluding steroid dienone is 2. The molecule has 0 saturated carbocycles. The number of thioether (sulfide) groups is 1. The summed E-state index contributed by atoms with van der Waals surface area (Å²) < 4.78 is 0. The number of rotatable bonds is 1. The molecule has 1 aliphatic heterocycles. The van der Waals surface area contributed by atoms with Crippen molar-refractivity contribution in [2.75, 3.05) is 0 Å². The van der Waals surface area contributed by atoms with Crippen LogP contribution in [0.25, 0.3) is 0 Å². The minimum absolute atomic E-state index is 0.377. The summed E-state index contributed by atoms with van der Waals surface area (Å²) in [4.78, 5) is 0.907. The van der Waals surface area contributed by atoms with Gasteiger partial charge < -0.3 is 11.5 Å². The van der Waals surface area contributed by atoms with Crippen LogP contribution >= 0.6 is 23.1 Å². The number of nitrogens with zero attached hydrogens (tertiary/aromatic N) is 2. The molecule has 0 aromatic carbocycles. The first-order valence-electron chi connectivity index (χ1n) is 4.69. The molecule has 0 spiro atoms. The van der Waals surface area contributed by atoms with E-state index in [0.717, 1.165) is 16.6 Å². The van der Waals surface area contributed by atoms with Gasteiger partial charge in [0, 0.05) is 4.88 Å². The van der Waals surface area contributed by atoms with E-state index in [2.05, 4.69) is 12.1 Å². The summed E-state index contributed by atoms with van der Waals surface area (Å²) in [6.45, 7) is 0. The summed E-state index contributed by atoms with van der Waals surface area (Å²) in [5, 5.41) is 21.0. The summed E-state index contributed by atoms with van der Waals surface area (Å²) in [5.41, 5.74) is 12.4. The third-order valence-electron chi connectivity index (χ3n) is 2.40. The molecule has 1 aliphatic rings. The number of nitriles is 2. The van der Waals surface area contributed by atoms with Crippen LogP contribution in [0.4, 0.5) is 0 Å². The van der Waals surface area contributed by atoms with Gasteiger partial charge in [-0.3, -0.25) is 0 Å². The zero-order chi connectivity index (χ0) is 12.4. The highest BCUT2D eigenvalue weighted by atomic mass is 32.2. The highest BCUT2D eigenvalue weighted by Gasteiger charge is 2.31. The molecule has 0 radical (unpaired) electrons. The topological polar surface area (TPSA) is 99.6 Å². The molecule has 2 rings (SSSR count). The van der Waals surface area contributed by atoms with Gasteiger partial charge in [0.15, 0.2) is 0 Å². The fourth-order valence-electron chi connectivity index (χ4n) is 1.64. The van der Waals surface area contributed by atoms with E-state index >= 15 is 0 Å². The normalized spacial score (nSPS) is 16.8. The van der Waals surface area contributed by atoms with Crippen LogP contribution in [0.15, 0.2) is 38.7 Å². The van der Waals surface area contributed by atoms with Crippen molar-refractivity contribution in [3.05, 3.63) is 43.6 Å². The molecule has 0 atom stereocenters. The van der Waals surface area contributed by atoms with Crippen LogP contribution in [-0.4, -0.2) is 0 Å². The van der Waals surface area contributed by atoms with E-state index in [1.54, 1.807) is 0 Å². The zero-order valence-corrected chi connectivity index (χ0v) is 10.3. The lowest BCUT2D eigenvalue weighted by Crippen LogP contribution is -2.17. The maximum atomic E-state index is 9.16. The second-order valence-electron chi connectivity index (χ2n) is 3.33. The number of hydrogen-bond acceptors (Lipinski definition) is 6. The van der Waals surface area contributed by atoms with Crippen molar-refractivity contribution in [3.8, 4) is 12.1 Å². The van der Waals surface area contributed by atoms with E-state index in [4.69, 9.17) is 22.0 Å². The molecule has 0 amide bonds. The van der Waals surface area contributed by atoms with Gasteiger partial charge in [0.1, 0.15) is 0 Å². The Hall–Kier alpha value is -1.89. The standard InChI is InChI=1S/C11H8N4S2/c12-4-6-9(8-2-1-3-16-8)7(5-13)11(15)17-10(6)14/h1-3,9H,14-15H2. The van der Waals surface area contributed by atoms with Crippen LogP contribution in [0.1, 0.15) is 10.8 Å². The van der Waals surface area contributed by atoms with Gasteiger partial charge in [0.2, 0.25) is 0 Å². The Morgan fingerprint density at radius 2 is 1.71 bits per heavy atom. The molecule has 84 valence electrons. The minimum atomic E-state index is -0.411. The van der Waals surface area contributed by atoms with E-state index in [-0.39, 0.29) is 0 Å². The van der Waals surface area contributed by atoms with E-state index < -0.39 is 5.92 Å². The van der Waals surface area contributed by atoms with Gasteiger partial charge in [-0.2, -0.15) is 10.5 Å². The Morgan fingerprint density at radius 3 is 2.12 bits per heavy atom. The molecule has 1 aromatic heterocycles. The second-order valence-corrected chi connectivity index (χ2v) is 5.39. The van der Waals surface area contributed by atoms with Crippen molar-refractivity contribution in [3.63, 3.8) is 0 Å². The van der Waals surface area contributed by atoms with Crippen molar-refractivity contribution < 1.29 is 0 Å². The second kappa shape index (κ2) is 4.54. The Labute approximate surface area is 107 Å². The summed E-state index contributed by atoms with van der Waals surface area (Å²) in [6, 6.07) is 7.90. The zero-order valence-electron chi connectivity index (χ0n) is 8.68. The molecule has 0 saturated heterocycles. The van der Waals surface area contributed by atoms with Crippen molar-refractivity contribution in [1.29, 1.82) is 10.5 Å². The summed E-state index contributed by atoms with van der Waals surface area (Å²) in [7, 11) is 0. The van der Waals surface area contributed by atoms with E-state index in [1.165, 1.54) is 11.3 Å². The summed E-state index contributed by atoms with van der Waals surface area (Å²) in [5.74, 6) is -0.411. The van der Waals surface area contributed by atoms with Crippen LogP contribution in [0.5, 0.6) is 0 Å². The molecule has 6 heteroatoms. The van der Waals surface area contributed by atoms with Gasteiger partial charge in [-0.1, -0.05) is 17.8 Å². The van der Waals surface area contributed by atoms with Gasteiger partial charge >= 0.3 is 0 Å². The van der Waals surface area contributed by atoms with E-state index in [9.17, 15) is 0 Å². The van der Waals surface area contributed by atoms with Crippen LogP contribution in [-0.2, 0) is 0 Å². The highest BCUT2D eigenvalue weighted by Crippen LogP contribution is 2.43. The highest BCUT2D eigenvalue weighted by molar-refractivity contribution is 8.06. The maximum Gasteiger partial charge on any atom is 0.0985 e. The Bertz CT molecular complexity index is 548. The molecular weight excluding hydrogens is 252 g/mol. The average Bonchev–Trinajstić information content (AvgIpc) is 2.81. The first-order valence-corrected chi connectivity index (χ1v) is 6.39. The molecule has 0 aliphatic carbocycles. The third kappa shape index (κ3) is 1.89. The van der Waals surface area contributed by atoms with Gasteiger partial charge in [-0.15, -0.1) is 11.3 Å². The molecule has 0 bridgehead atoms. The van der Waals surface area contributed by atoms with Gasteiger partial charge in [0.05, 0.1) is 39.3 Å². The lowest BCUT2D eigenvalue weighted by atomic mass is 9.91. The van der Waals surface area contributed by atoms with Crippen LogP contribution in [0.3, 0.4) is 0 Å². The molecule has 4 nitrogen and oxygen atoms in total. The number of hydrogen-bond donors (Lipinski definition) is 2. The Balaban J connectivity index is 2.61. The molecule has 0 fully saturated rings. The predicted octanol–water partition coefficient (Wildman–Crippen LogP) is 1.97. The number of thiophene rings is 1.